The van der Waals surface area contributed by atoms with Gasteiger partial charge in [0.2, 0.25) is 0 Å². The molecule has 0 fully saturated rings. The van der Waals surface area contributed by atoms with Gasteiger partial charge < -0.3 is 0 Å². The normalized spacial score (nSPS) is 13.6. The average molecular weight is 623 g/mol. The minimum Gasteiger partial charge on any atom is -0.264 e. The highest BCUT2D eigenvalue weighted by molar-refractivity contribution is 6.10. The van der Waals surface area contributed by atoms with Crippen LogP contribution in [0.15, 0.2) is 181 Å². The fourth-order valence-electron chi connectivity index (χ4n) is 6.90. The highest BCUT2D eigenvalue weighted by Gasteiger charge is 2.13. The highest BCUT2D eigenvalue weighted by atomic mass is 14.8. The third-order valence-electron chi connectivity index (χ3n) is 9.42. The first kappa shape index (κ1) is 28.6. The van der Waals surface area contributed by atoms with Crippen molar-refractivity contribution in [3.63, 3.8) is 0 Å². The predicted octanol–water partition coefficient (Wildman–Crippen LogP) is 9.97. The number of nitrogens with zero attached hydrogens (tertiary/aromatic N) is 2. The lowest BCUT2D eigenvalue weighted by atomic mass is 9.94. The second-order valence-electron chi connectivity index (χ2n) is 12.4. The highest BCUT2D eigenvalue weighted by Crippen LogP contribution is 2.34. The average Bonchev–Trinajstić information content (AvgIpc) is 3.38. The monoisotopic (exact) mass is 622 g/mol. The van der Waals surface area contributed by atoms with Gasteiger partial charge >= 0.3 is 0 Å². The third kappa shape index (κ3) is 5.38. The maximum absolute atomic E-state index is 5.16. The molecule has 2 heteroatoms. The minimum absolute atomic E-state index is 0.262. The molecule has 0 aliphatic carbocycles. The number of hydrogen-bond acceptors (Lipinski definition) is 2. The second kappa shape index (κ2) is 12.2. The molecule has 0 saturated carbocycles. The molecule has 2 heterocycles. The number of rotatable bonds is 5. The summed E-state index contributed by atoms with van der Waals surface area (Å²) in [6.07, 6.45) is 1.87. The van der Waals surface area contributed by atoms with Crippen molar-refractivity contribution < 1.29 is 0 Å². The number of hydrogen-bond donors (Lipinski definition) is 0. The van der Waals surface area contributed by atoms with E-state index in [1.165, 1.54) is 38.6 Å². The molecule has 0 radical (unpaired) electrons. The number of fused-ring (bicyclic) bond motifs is 4. The largest absolute Gasteiger partial charge is 0.264 e. The molecule has 0 saturated heterocycles. The van der Waals surface area contributed by atoms with Crippen molar-refractivity contribution in [3.8, 4) is 45.2 Å². The van der Waals surface area contributed by atoms with Crippen molar-refractivity contribution in [2.45, 2.75) is 6.04 Å². The summed E-state index contributed by atoms with van der Waals surface area (Å²) in [5.74, 6) is 7.03. The summed E-state index contributed by atoms with van der Waals surface area (Å²) in [7, 11) is 0. The van der Waals surface area contributed by atoms with Crippen molar-refractivity contribution in [2.24, 2.45) is 4.99 Å². The van der Waals surface area contributed by atoms with Gasteiger partial charge in [-0.2, -0.15) is 0 Å². The Morgan fingerprint density at radius 1 is 0.469 bits per heavy atom. The lowest BCUT2D eigenvalue weighted by molar-refractivity contribution is 0.901. The molecule has 0 amide bonds. The Bertz CT molecular complexity index is 2700. The maximum atomic E-state index is 5.16. The van der Waals surface area contributed by atoms with Gasteiger partial charge in [0.1, 0.15) is 6.04 Å². The molecule has 1 unspecified atom stereocenters. The molecule has 1 aliphatic rings. The molecule has 228 valence electrons. The van der Waals surface area contributed by atoms with Crippen molar-refractivity contribution >= 4 is 27.2 Å². The fourth-order valence-corrected chi connectivity index (χ4v) is 6.90. The maximum Gasteiger partial charge on any atom is 0.136 e. The number of aromatic nitrogens is 1. The zero-order valence-corrected chi connectivity index (χ0v) is 26.7. The second-order valence-corrected chi connectivity index (χ2v) is 12.4. The number of pyridine rings is 1. The van der Waals surface area contributed by atoms with Crippen molar-refractivity contribution in [2.75, 3.05) is 0 Å². The van der Waals surface area contributed by atoms with Crippen LogP contribution in [-0.2, 0) is 0 Å². The fraction of sp³-hybridized carbons (Fsp3) is 0.0213. The quantitative estimate of drug-likeness (QED) is 0.139. The van der Waals surface area contributed by atoms with Gasteiger partial charge in [0, 0.05) is 27.8 Å². The van der Waals surface area contributed by atoms with Crippen LogP contribution in [0.4, 0.5) is 0 Å². The van der Waals surface area contributed by atoms with Crippen LogP contribution in [0.1, 0.15) is 17.2 Å². The minimum atomic E-state index is -0.262. The van der Waals surface area contributed by atoms with Gasteiger partial charge in [-0.25, -0.2) is 0 Å². The molecule has 1 aliphatic heterocycles. The molecule has 0 bridgehead atoms. The van der Waals surface area contributed by atoms with E-state index in [1.54, 1.807) is 0 Å². The van der Waals surface area contributed by atoms with E-state index in [1.807, 2.05) is 24.4 Å². The van der Waals surface area contributed by atoms with Gasteiger partial charge in [0.05, 0.1) is 10.9 Å². The lowest BCUT2D eigenvalue weighted by Gasteiger charge is -2.11. The predicted molar refractivity (Wildman–Crippen MR) is 202 cm³/mol. The summed E-state index contributed by atoms with van der Waals surface area (Å²) >= 11 is 0. The van der Waals surface area contributed by atoms with Gasteiger partial charge in [-0.05, 0) is 68.1 Å². The van der Waals surface area contributed by atoms with Crippen molar-refractivity contribution in [3.05, 3.63) is 198 Å². The zero-order valence-electron chi connectivity index (χ0n) is 26.7. The molecular weight excluding hydrogens is 593 g/mol. The van der Waals surface area contributed by atoms with Gasteiger partial charge in [-0.1, -0.05) is 164 Å². The summed E-state index contributed by atoms with van der Waals surface area (Å²) < 4.78 is 0. The zero-order chi connectivity index (χ0) is 32.6. The first-order valence-corrected chi connectivity index (χ1v) is 16.6. The standard InChI is InChI=1S/C47H30N2/c1-2-9-32(10-3-1)33-18-22-35(23-19-33)41-28-29-45(49-46-17-5-4-14-43(41)46)36-24-20-34(21-25-36)38-11-6-12-39(31-38)40-15-7-16-44-42(40)27-26-37-13-8-30-48-47(37)44/h1-27,30-31,45H. The van der Waals surface area contributed by atoms with Crippen LogP contribution >= 0.6 is 0 Å². The topological polar surface area (TPSA) is 25.2 Å². The molecule has 1 aromatic heterocycles. The van der Waals surface area contributed by atoms with Crippen LogP contribution in [0, 0.1) is 11.8 Å². The summed E-state index contributed by atoms with van der Waals surface area (Å²) in [5.41, 5.74) is 11.3. The SMILES string of the molecule is C1#CC(c2ccc(-c3cccc(-c4cccc5c4ccc4cccnc45)c3)cc2)N=c2ccccc2=C1c1ccc(-c2ccccc2)cc1. The summed E-state index contributed by atoms with van der Waals surface area (Å²) in [5, 5.41) is 5.54. The van der Waals surface area contributed by atoms with Crippen LogP contribution in [0.3, 0.4) is 0 Å². The molecule has 2 nitrogen and oxygen atoms in total. The van der Waals surface area contributed by atoms with E-state index in [4.69, 9.17) is 4.99 Å². The van der Waals surface area contributed by atoms with Crippen molar-refractivity contribution in [1.29, 1.82) is 0 Å². The molecule has 8 aromatic rings. The lowest BCUT2D eigenvalue weighted by Crippen LogP contribution is -2.27. The van der Waals surface area contributed by atoms with Crippen LogP contribution in [0.2, 0.25) is 0 Å². The Balaban J connectivity index is 1.03. The molecule has 0 spiro atoms. The molecule has 1 atom stereocenters. The van der Waals surface area contributed by atoms with Gasteiger partial charge in [-0.15, -0.1) is 0 Å². The smallest absolute Gasteiger partial charge is 0.136 e. The summed E-state index contributed by atoms with van der Waals surface area (Å²) in [4.78, 5) is 9.85. The molecule has 49 heavy (non-hydrogen) atoms. The van der Waals surface area contributed by atoms with E-state index in [9.17, 15) is 0 Å². The van der Waals surface area contributed by atoms with E-state index >= 15 is 0 Å². The van der Waals surface area contributed by atoms with E-state index in [0.29, 0.717) is 0 Å². The van der Waals surface area contributed by atoms with Crippen LogP contribution < -0.4 is 10.6 Å². The van der Waals surface area contributed by atoms with E-state index < -0.39 is 0 Å². The first-order chi connectivity index (χ1) is 24.3. The Morgan fingerprint density at radius 3 is 2.04 bits per heavy atom. The van der Waals surface area contributed by atoms with Gasteiger partial charge in [0.25, 0.3) is 0 Å². The Morgan fingerprint density at radius 2 is 1.16 bits per heavy atom. The number of para-hydroxylation sites is 1. The van der Waals surface area contributed by atoms with E-state index in [2.05, 4.69) is 168 Å². The first-order valence-electron chi connectivity index (χ1n) is 16.6. The third-order valence-corrected chi connectivity index (χ3v) is 9.42. The van der Waals surface area contributed by atoms with Crippen LogP contribution in [-0.4, -0.2) is 4.98 Å². The van der Waals surface area contributed by atoms with E-state index in [-0.39, 0.29) is 6.04 Å². The number of benzene rings is 7. The van der Waals surface area contributed by atoms with Crippen molar-refractivity contribution in [1.82, 2.24) is 4.98 Å². The Labute approximate surface area is 285 Å². The van der Waals surface area contributed by atoms with Gasteiger partial charge in [0.15, 0.2) is 0 Å². The molecule has 0 N–H and O–H groups in total. The summed E-state index contributed by atoms with van der Waals surface area (Å²) in [6, 6.07) is 59.7. The van der Waals surface area contributed by atoms with Gasteiger partial charge in [-0.3, -0.25) is 9.98 Å². The summed E-state index contributed by atoms with van der Waals surface area (Å²) in [6.45, 7) is 0. The molecule has 9 rings (SSSR count). The Kier molecular flexibility index (Phi) is 7.15. The molecule has 7 aromatic carbocycles. The van der Waals surface area contributed by atoms with Crippen LogP contribution in [0.25, 0.3) is 60.6 Å². The Hall–Kier alpha value is -6.56. The van der Waals surface area contributed by atoms with E-state index in [0.717, 1.165) is 43.7 Å². The molecular formula is C47H30N2. The van der Waals surface area contributed by atoms with Crippen LogP contribution in [0.5, 0.6) is 0 Å².